The third-order valence-electron chi connectivity index (χ3n) is 1.56. The molecule has 90 valence electrons. The molecule has 7 heteroatoms. The van der Waals surface area contributed by atoms with Gasteiger partial charge in [0.05, 0.1) is 20.8 Å². The summed E-state index contributed by atoms with van der Waals surface area (Å²) in [7, 11) is -1.45. The van der Waals surface area contributed by atoms with Crippen molar-refractivity contribution in [2.45, 2.75) is 6.61 Å². The lowest BCUT2D eigenvalue weighted by Gasteiger charge is -2.13. The van der Waals surface area contributed by atoms with Crippen molar-refractivity contribution >= 4 is 7.82 Å². The number of hydrogen-bond donors (Lipinski definition) is 0. The van der Waals surface area contributed by atoms with E-state index in [1.54, 1.807) is 0 Å². The second-order valence-electron chi connectivity index (χ2n) is 2.69. The highest BCUT2D eigenvalue weighted by atomic mass is 31.2. The highest BCUT2D eigenvalue weighted by Crippen LogP contribution is 2.50. The van der Waals surface area contributed by atoms with E-state index in [0.29, 0.717) is 0 Å². The summed E-state index contributed by atoms with van der Waals surface area (Å²) in [5, 5.41) is 0. The van der Waals surface area contributed by atoms with E-state index >= 15 is 0 Å². The Labute approximate surface area is 93.5 Å². The second-order valence-corrected chi connectivity index (χ2v) is 4.14. The van der Waals surface area contributed by atoms with Crippen LogP contribution in [0.2, 0.25) is 0 Å². The van der Waals surface area contributed by atoms with Gasteiger partial charge in [-0.1, -0.05) is 30.3 Å². The molecule has 0 aromatic heterocycles. The molecular formula is C9H13O6P. The predicted octanol–water partition coefficient (Wildman–Crippen LogP) is 2.47. The van der Waals surface area contributed by atoms with E-state index in [1.165, 1.54) is 14.2 Å². The lowest BCUT2D eigenvalue weighted by molar-refractivity contribution is -0.259. The van der Waals surface area contributed by atoms with Gasteiger partial charge < -0.3 is 0 Å². The van der Waals surface area contributed by atoms with Crippen molar-refractivity contribution in [2.75, 3.05) is 14.2 Å². The summed E-state index contributed by atoms with van der Waals surface area (Å²) in [6.07, 6.45) is 0. The monoisotopic (exact) mass is 248 g/mol. The van der Waals surface area contributed by atoms with E-state index in [4.69, 9.17) is 4.52 Å². The smallest absolute Gasteiger partial charge is 0.279 e. The molecule has 0 aliphatic carbocycles. The molecule has 0 N–H and O–H groups in total. The van der Waals surface area contributed by atoms with Gasteiger partial charge >= 0.3 is 7.82 Å². The third kappa shape index (κ3) is 4.40. The molecule has 1 aromatic carbocycles. The van der Waals surface area contributed by atoms with E-state index in [0.717, 1.165) is 5.56 Å². The van der Waals surface area contributed by atoms with Crippen molar-refractivity contribution in [3.8, 4) is 0 Å². The molecule has 0 heterocycles. The Kier molecular flexibility index (Phi) is 5.62. The molecule has 16 heavy (non-hydrogen) atoms. The fourth-order valence-electron chi connectivity index (χ4n) is 0.966. The zero-order valence-electron chi connectivity index (χ0n) is 8.99. The van der Waals surface area contributed by atoms with Crippen LogP contribution in [-0.4, -0.2) is 14.2 Å². The molecule has 0 unspecified atom stereocenters. The predicted molar refractivity (Wildman–Crippen MR) is 55.0 cm³/mol. The van der Waals surface area contributed by atoms with Gasteiger partial charge in [0.1, 0.15) is 0 Å². The van der Waals surface area contributed by atoms with Crippen molar-refractivity contribution in [3.05, 3.63) is 35.9 Å². The number of rotatable bonds is 7. The molecule has 1 rings (SSSR count). The average molecular weight is 248 g/mol. The topological polar surface area (TPSA) is 63.2 Å². The molecular weight excluding hydrogens is 235 g/mol. The SMILES string of the molecule is COOP(=O)(OCc1ccccc1)OOC. The number of phosphoric acid groups is 1. The van der Waals surface area contributed by atoms with Gasteiger partial charge in [-0.3, -0.25) is 4.52 Å². The average Bonchev–Trinajstić information content (AvgIpc) is 2.29. The maximum absolute atomic E-state index is 11.7. The maximum atomic E-state index is 11.7. The zero-order chi connectivity index (χ0) is 11.9. The van der Waals surface area contributed by atoms with Crippen molar-refractivity contribution in [2.24, 2.45) is 0 Å². The Balaban J connectivity index is 2.53. The summed E-state index contributed by atoms with van der Waals surface area (Å²) >= 11 is 0. The largest absolute Gasteiger partial charge is 0.529 e. The van der Waals surface area contributed by atoms with Crippen LogP contribution in [0.15, 0.2) is 30.3 Å². The normalized spacial score (nSPS) is 11.6. The first-order valence-electron chi connectivity index (χ1n) is 4.43. The maximum Gasteiger partial charge on any atom is 0.529 e. The first-order chi connectivity index (χ1) is 7.70. The quantitative estimate of drug-likeness (QED) is 0.419. The molecule has 0 aliphatic heterocycles. The van der Waals surface area contributed by atoms with Crippen LogP contribution in [0.25, 0.3) is 0 Å². The van der Waals surface area contributed by atoms with Gasteiger partial charge in [-0.05, 0) is 5.56 Å². The molecule has 1 aromatic rings. The minimum absolute atomic E-state index is 0.0604. The minimum Gasteiger partial charge on any atom is -0.279 e. The molecule has 0 amide bonds. The Morgan fingerprint density at radius 3 is 2.12 bits per heavy atom. The molecule has 0 saturated carbocycles. The van der Waals surface area contributed by atoms with E-state index in [-0.39, 0.29) is 6.61 Å². The fourth-order valence-corrected chi connectivity index (χ4v) is 1.75. The van der Waals surface area contributed by atoms with E-state index in [2.05, 4.69) is 19.1 Å². The van der Waals surface area contributed by atoms with Crippen LogP contribution in [0.5, 0.6) is 0 Å². The fraction of sp³-hybridized carbons (Fsp3) is 0.333. The Morgan fingerprint density at radius 1 is 1.06 bits per heavy atom. The number of hydrogen-bond acceptors (Lipinski definition) is 6. The third-order valence-corrected chi connectivity index (χ3v) is 2.67. The van der Waals surface area contributed by atoms with Crippen LogP contribution < -0.4 is 0 Å². The zero-order valence-corrected chi connectivity index (χ0v) is 9.88. The molecule has 0 spiro atoms. The molecule has 0 aliphatic rings. The van der Waals surface area contributed by atoms with Gasteiger partial charge in [0.25, 0.3) is 0 Å². The van der Waals surface area contributed by atoms with Crippen molar-refractivity contribution in [3.63, 3.8) is 0 Å². The van der Waals surface area contributed by atoms with Gasteiger partial charge in [0.15, 0.2) is 0 Å². The van der Waals surface area contributed by atoms with Crippen molar-refractivity contribution < 1.29 is 28.2 Å². The first kappa shape index (κ1) is 13.3. The highest BCUT2D eigenvalue weighted by Gasteiger charge is 2.29. The lowest BCUT2D eigenvalue weighted by Crippen LogP contribution is -1.99. The summed E-state index contributed by atoms with van der Waals surface area (Å²) in [5.74, 6) is 0. The van der Waals surface area contributed by atoms with Gasteiger partial charge in [-0.15, -0.1) is 9.35 Å². The first-order valence-corrected chi connectivity index (χ1v) is 5.89. The van der Waals surface area contributed by atoms with Crippen LogP contribution >= 0.6 is 7.82 Å². The summed E-state index contributed by atoms with van der Waals surface area (Å²) in [6, 6.07) is 9.14. The van der Waals surface area contributed by atoms with Gasteiger partial charge in [0, 0.05) is 0 Å². The molecule has 0 bridgehead atoms. The standard InChI is InChI=1S/C9H13O6P/c1-11-14-16(10,15-12-2)13-8-9-6-4-3-5-7-9/h3-7H,8H2,1-2H3. The molecule has 0 fully saturated rings. The van der Waals surface area contributed by atoms with Crippen molar-refractivity contribution in [1.82, 2.24) is 0 Å². The van der Waals surface area contributed by atoms with Crippen LogP contribution in [-0.2, 0) is 34.8 Å². The molecule has 6 nitrogen and oxygen atoms in total. The second kappa shape index (κ2) is 6.75. The Morgan fingerprint density at radius 2 is 1.62 bits per heavy atom. The summed E-state index contributed by atoms with van der Waals surface area (Å²) in [5.41, 5.74) is 0.821. The van der Waals surface area contributed by atoms with Gasteiger partial charge in [-0.25, -0.2) is 14.3 Å². The van der Waals surface area contributed by atoms with Crippen LogP contribution in [0.3, 0.4) is 0 Å². The Hall–Kier alpha value is -0.750. The minimum atomic E-state index is -3.83. The molecule has 0 radical (unpaired) electrons. The molecule has 0 saturated heterocycles. The lowest BCUT2D eigenvalue weighted by atomic mass is 10.2. The summed E-state index contributed by atoms with van der Waals surface area (Å²) < 4.78 is 25.4. The Bertz CT molecular complexity index is 331. The highest BCUT2D eigenvalue weighted by molar-refractivity contribution is 7.48. The van der Waals surface area contributed by atoms with Crippen LogP contribution in [0.4, 0.5) is 0 Å². The number of benzene rings is 1. The van der Waals surface area contributed by atoms with Crippen LogP contribution in [0.1, 0.15) is 5.56 Å². The van der Waals surface area contributed by atoms with E-state index < -0.39 is 7.82 Å². The molecule has 0 atom stereocenters. The van der Waals surface area contributed by atoms with Gasteiger partial charge in [-0.2, -0.15) is 0 Å². The van der Waals surface area contributed by atoms with E-state index in [9.17, 15) is 4.57 Å². The summed E-state index contributed by atoms with van der Waals surface area (Å²) in [4.78, 5) is 8.51. The van der Waals surface area contributed by atoms with Crippen LogP contribution in [0, 0.1) is 0 Å². The summed E-state index contributed by atoms with van der Waals surface area (Å²) in [6.45, 7) is 0.0604. The van der Waals surface area contributed by atoms with Crippen molar-refractivity contribution in [1.29, 1.82) is 0 Å². The van der Waals surface area contributed by atoms with E-state index in [1.807, 2.05) is 30.3 Å². The van der Waals surface area contributed by atoms with Gasteiger partial charge in [0.2, 0.25) is 0 Å².